The van der Waals surface area contributed by atoms with Gasteiger partial charge in [0.25, 0.3) is 0 Å². The van der Waals surface area contributed by atoms with Crippen molar-refractivity contribution in [3.05, 3.63) is 83.7 Å². The van der Waals surface area contributed by atoms with Gasteiger partial charge in [-0.25, -0.2) is 0 Å². The minimum absolute atomic E-state index is 0.172. The summed E-state index contributed by atoms with van der Waals surface area (Å²) in [4.78, 5) is 0. The summed E-state index contributed by atoms with van der Waals surface area (Å²) in [5, 5.41) is 0. The highest BCUT2D eigenvalue weighted by Crippen LogP contribution is 2.42. The molecule has 0 saturated heterocycles. The molecule has 25 heavy (non-hydrogen) atoms. The summed E-state index contributed by atoms with van der Waals surface area (Å²) in [5.41, 5.74) is 0.0259. The van der Waals surface area contributed by atoms with Crippen LogP contribution in [0.4, 0.5) is 0 Å². The molecule has 2 heteroatoms. The Kier molecular flexibility index (Phi) is 2.55. The second-order valence-electron chi connectivity index (χ2n) is 6.49. The third kappa shape index (κ3) is 4.21. The van der Waals surface area contributed by atoms with Crippen LogP contribution in [0, 0.1) is 6.92 Å². The second kappa shape index (κ2) is 7.02. The number of ether oxygens (including phenoxy) is 2. The van der Waals surface area contributed by atoms with Crippen LogP contribution in [0.1, 0.15) is 44.2 Å². The average Bonchev–Trinajstić information content (AvgIpc) is 2.78. The zero-order valence-corrected chi connectivity index (χ0v) is 14.5. The van der Waals surface area contributed by atoms with Crippen molar-refractivity contribution in [2.24, 2.45) is 0 Å². The maximum absolute atomic E-state index is 8.25. The molecule has 3 aromatic rings. The first kappa shape index (κ1) is 9.10. The number of hydrogen-bond donors (Lipinski definition) is 0. The molecule has 3 aromatic carbocycles. The van der Waals surface area contributed by atoms with Gasteiger partial charge in [-0.15, -0.1) is 0 Å². The van der Waals surface area contributed by atoms with E-state index in [4.69, 9.17) is 21.8 Å². The Bertz CT molecular complexity index is 1150. The van der Waals surface area contributed by atoms with Crippen LogP contribution >= 0.6 is 0 Å². The third-order valence-corrected chi connectivity index (χ3v) is 3.37. The molecule has 0 N–H and O–H groups in total. The zero-order chi connectivity index (χ0) is 25.7. The molecule has 0 aliphatic heterocycles. The smallest absolute Gasteiger partial charge is 0.134 e. The molecule has 0 amide bonds. The Labute approximate surface area is 162 Å². The monoisotopic (exact) mass is 341 g/mol. The highest BCUT2D eigenvalue weighted by Gasteiger charge is 2.24. The maximum atomic E-state index is 8.25. The predicted molar refractivity (Wildman–Crippen MR) is 103 cm³/mol. The Balaban J connectivity index is 2.21. The fourth-order valence-electron chi connectivity index (χ4n) is 2.34. The van der Waals surface area contributed by atoms with E-state index in [0.717, 1.165) is 0 Å². The van der Waals surface area contributed by atoms with E-state index in [2.05, 4.69) is 0 Å². The molecular weight excluding hydrogens is 308 g/mol. The Morgan fingerprint density at radius 1 is 0.760 bits per heavy atom. The van der Waals surface area contributed by atoms with Crippen LogP contribution < -0.4 is 9.47 Å². The number of hydrogen-bond acceptors (Lipinski definition) is 2. The molecule has 0 saturated carbocycles. The van der Waals surface area contributed by atoms with Gasteiger partial charge in [-0.2, -0.15) is 0 Å². The van der Waals surface area contributed by atoms with Crippen LogP contribution in [0.5, 0.6) is 23.0 Å². The Morgan fingerprint density at radius 3 is 1.80 bits per heavy atom. The highest BCUT2D eigenvalue weighted by atomic mass is 16.5. The molecule has 2 nitrogen and oxygen atoms in total. The lowest BCUT2D eigenvalue weighted by Gasteiger charge is -2.25. The van der Waals surface area contributed by atoms with E-state index in [1.54, 1.807) is 18.2 Å². The second-order valence-corrected chi connectivity index (χ2v) is 6.49. The summed E-state index contributed by atoms with van der Waals surface area (Å²) in [5.74, 6) is -0.216. The molecule has 0 radical (unpaired) electrons. The van der Waals surface area contributed by atoms with E-state index in [-0.39, 0.29) is 52.7 Å². The number of rotatable bonds is 4. The molecule has 0 atom stereocenters. The van der Waals surface area contributed by atoms with E-state index in [1.165, 1.54) is 6.92 Å². The normalized spacial score (nSPS) is 16.2. The van der Waals surface area contributed by atoms with E-state index in [9.17, 15) is 0 Å². The molecule has 0 aliphatic carbocycles. The lowest BCUT2D eigenvalue weighted by atomic mass is 9.85. The van der Waals surface area contributed by atoms with Gasteiger partial charge in [-0.05, 0) is 48.6 Å². The van der Waals surface area contributed by atoms with Crippen molar-refractivity contribution in [3.8, 4) is 23.0 Å². The molecule has 3 rings (SSSR count). The van der Waals surface area contributed by atoms with Crippen molar-refractivity contribution >= 4 is 0 Å². The van der Waals surface area contributed by atoms with Gasteiger partial charge in [0.2, 0.25) is 0 Å². The lowest BCUT2D eigenvalue weighted by Crippen LogP contribution is -2.14. The van der Waals surface area contributed by atoms with Crippen LogP contribution in [0.3, 0.4) is 0 Å². The Morgan fingerprint density at radius 2 is 1.28 bits per heavy atom. The fourth-order valence-corrected chi connectivity index (χ4v) is 2.34. The topological polar surface area (TPSA) is 18.5 Å². The van der Waals surface area contributed by atoms with Crippen LogP contribution in [-0.4, -0.2) is 0 Å². The summed E-state index contributed by atoms with van der Waals surface area (Å²) in [7, 11) is 0. The maximum Gasteiger partial charge on any atom is 0.134 e. The fraction of sp³-hybridized carbons (Fsp3) is 0.217. The van der Waals surface area contributed by atoms with Gasteiger partial charge in [-0.3, -0.25) is 0 Å². The molecule has 0 heterocycles. The average molecular weight is 341 g/mol. The summed E-state index contributed by atoms with van der Waals surface area (Å²) in [6.07, 6.45) is 0. The third-order valence-electron chi connectivity index (χ3n) is 3.37. The first-order chi connectivity index (χ1) is 15.7. The van der Waals surface area contributed by atoms with Crippen LogP contribution in [0.2, 0.25) is 0 Å². The van der Waals surface area contributed by atoms with Crippen LogP contribution in [0.15, 0.2) is 72.6 Å². The van der Waals surface area contributed by atoms with Gasteiger partial charge >= 0.3 is 0 Å². The van der Waals surface area contributed by atoms with Gasteiger partial charge in [0.15, 0.2) is 0 Å². The largest absolute Gasteiger partial charge is 0.457 e. The molecule has 128 valence electrons. The van der Waals surface area contributed by atoms with Crippen molar-refractivity contribution < 1.29 is 21.8 Å². The van der Waals surface area contributed by atoms with E-state index in [0.29, 0.717) is 5.56 Å². The molecule has 0 aromatic heterocycles. The molecule has 0 unspecified atom stereocenters. The Hall–Kier alpha value is -2.74. The quantitative estimate of drug-likeness (QED) is 0.515. The zero-order valence-electron chi connectivity index (χ0n) is 23.5. The van der Waals surface area contributed by atoms with E-state index >= 15 is 0 Å². The molecular formula is C23H24O2. The van der Waals surface area contributed by atoms with Crippen molar-refractivity contribution in [1.82, 2.24) is 0 Å². The van der Waals surface area contributed by atoms with Crippen LogP contribution in [-0.2, 0) is 5.41 Å². The molecule has 0 fully saturated rings. The number of benzene rings is 3. The van der Waals surface area contributed by atoms with Gasteiger partial charge in [0.05, 0.1) is 12.3 Å². The molecule has 0 aliphatic rings. The standard InChI is InChI=1S/C23H24O2/c1-17-13-15-19(16-14-17)25-21-12-8-11-20(22(21)23(2,3)4)24-18-9-6-5-7-10-18/h5-16H,1-4H3/i5D,6D,7D,9D,10D,13D,14D,15D,16D. The first-order valence-electron chi connectivity index (χ1n) is 12.3. The van der Waals surface area contributed by atoms with Gasteiger partial charge in [-0.1, -0.05) is 62.6 Å². The van der Waals surface area contributed by atoms with Crippen LogP contribution in [0.25, 0.3) is 0 Å². The van der Waals surface area contributed by atoms with Gasteiger partial charge < -0.3 is 9.47 Å². The van der Waals surface area contributed by atoms with E-state index < -0.39 is 35.6 Å². The van der Waals surface area contributed by atoms with Gasteiger partial charge in [0.1, 0.15) is 23.0 Å². The van der Waals surface area contributed by atoms with E-state index in [1.807, 2.05) is 20.8 Å². The summed E-state index contributed by atoms with van der Waals surface area (Å²) in [6.45, 7) is 7.07. The summed E-state index contributed by atoms with van der Waals surface area (Å²) in [6, 6.07) is 1.10. The lowest BCUT2D eigenvalue weighted by molar-refractivity contribution is 0.421. The van der Waals surface area contributed by atoms with Crippen molar-refractivity contribution in [1.29, 1.82) is 0 Å². The highest BCUT2D eigenvalue weighted by molar-refractivity contribution is 5.52. The molecule has 0 bridgehead atoms. The van der Waals surface area contributed by atoms with Gasteiger partial charge in [0, 0.05) is 5.56 Å². The van der Waals surface area contributed by atoms with Crippen molar-refractivity contribution in [2.45, 2.75) is 33.1 Å². The summed E-state index contributed by atoms with van der Waals surface area (Å²) < 4.78 is 84.3. The summed E-state index contributed by atoms with van der Waals surface area (Å²) >= 11 is 0. The first-order valence-corrected chi connectivity index (χ1v) is 7.81. The van der Waals surface area contributed by atoms with Crippen molar-refractivity contribution in [2.75, 3.05) is 0 Å². The molecule has 0 spiro atoms. The van der Waals surface area contributed by atoms with Crippen molar-refractivity contribution in [3.63, 3.8) is 0 Å². The predicted octanol–water partition coefficient (Wildman–Crippen LogP) is 6.88. The number of para-hydroxylation sites is 1. The minimum atomic E-state index is -0.637. The minimum Gasteiger partial charge on any atom is -0.457 e. The SMILES string of the molecule is [2H]c1c([2H])c([2H])c(Oc2cccc(Oc3c([2H])c([2H])c(C)c([2H])c3[2H])c2C(C)(C)C)c([2H])c1[2H].